The largest absolute Gasteiger partial charge is 0.339 e. The first-order valence-electron chi connectivity index (χ1n) is 7.88. The van der Waals surface area contributed by atoms with Gasteiger partial charge in [0, 0.05) is 17.7 Å². The van der Waals surface area contributed by atoms with Crippen molar-refractivity contribution >= 4 is 22.9 Å². The van der Waals surface area contributed by atoms with Crippen LogP contribution in [0.15, 0.2) is 46.3 Å². The van der Waals surface area contributed by atoms with E-state index in [1.165, 1.54) is 23.5 Å². The summed E-state index contributed by atoms with van der Waals surface area (Å²) in [4.78, 5) is 27.5. The van der Waals surface area contributed by atoms with Crippen molar-refractivity contribution in [1.29, 1.82) is 0 Å². The van der Waals surface area contributed by atoms with Crippen molar-refractivity contribution in [3.05, 3.63) is 62.7 Å². The summed E-state index contributed by atoms with van der Waals surface area (Å²) in [7, 11) is 0. The van der Waals surface area contributed by atoms with Crippen LogP contribution < -0.4 is 5.32 Å². The minimum atomic E-state index is -0.472. The van der Waals surface area contributed by atoms with E-state index < -0.39 is 11.0 Å². The number of nitro groups is 1. The summed E-state index contributed by atoms with van der Waals surface area (Å²) in [6.07, 6.45) is 0. The minimum Gasteiger partial charge on any atom is -0.339 e. The normalized spacial score (nSPS) is 12.1. The van der Waals surface area contributed by atoms with Gasteiger partial charge >= 0.3 is 0 Å². The Hall–Kier alpha value is -3.07. The van der Waals surface area contributed by atoms with E-state index in [1.54, 1.807) is 18.2 Å². The Morgan fingerprint density at radius 3 is 2.58 bits per heavy atom. The molecule has 0 radical (unpaired) electrons. The van der Waals surface area contributed by atoms with Crippen molar-refractivity contribution in [3.63, 3.8) is 0 Å². The molecule has 0 spiro atoms. The van der Waals surface area contributed by atoms with Crippen LogP contribution in [0.3, 0.4) is 0 Å². The highest BCUT2D eigenvalue weighted by molar-refractivity contribution is 7.12. The van der Waals surface area contributed by atoms with E-state index in [0.717, 1.165) is 0 Å². The topological polar surface area (TPSA) is 111 Å². The van der Waals surface area contributed by atoms with Crippen LogP contribution >= 0.6 is 11.3 Å². The lowest BCUT2D eigenvalue weighted by molar-refractivity contribution is -0.384. The first kappa shape index (κ1) is 17.7. The molecule has 8 nitrogen and oxygen atoms in total. The molecule has 3 rings (SSSR count). The maximum atomic E-state index is 12.3. The van der Waals surface area contributed by atoms with E-state index in [2.05, 4.69) is 15.5 Å². The number of nitrogens with zero attached hydrogens (tertiary/aromatic N) is 3. The molecule has 3 aromatic rings. The Labute approximate surface area is 153 Å². The van der Waals surface area contributed by atoms with Gasteiger partial charge in [0.2, 0.25) is 11.7 Å². The summed E-state index contributed by atoms with van der Waals surface area (Å²) < 4.78 is 5.33. The van der Waals surface area contributed by atoms with Gasteiger partial charge < -0.3 is 9.84 Å². The molecular weight excluding hydrogens is 356 g/mol. The van der Waals surface area contributed by atoms with Gasteiger partial charge in [0.25, 0.3) is 11.6 Å². The fourth-order valence-electron chi connectivity index (χ4n) is 2.34. The molecule has 1 atom stereocenters. The first-order valence-corrected chi connectivity index (χ1v) is 8.76. The van der Waals surface area contributed by atoms with Crippen molar-refractivity contribution in [2.45, 2.75) is 19.9 Å². The van der Waals surface area contributed by atoms with Crippen molar-refractivity contribution < 1.29 is 14.2 Å². The number of nitro benzene ring substituents is 1. The van der Waals surface area contributed by atoms with Crippen molar-refractivity contribution in [1.82, 2.24) is 15.5 Å². The number of aromatic nitrogens is 2. The number of non-ortho nitro benzene ring substituents is 1. The second-order valence-electron chi connectivity index (χ2n) is 5.93. The third-order valence-corrected chi connectivity index (χ3v) is 4.61. The van der Waals surface area contributed by atoms with Crippen LogP contribution in [0, 0.1) is 16.0 Å². The second kappa shape index (κ2) is 7.44. The van der Waals surface area contributed by atoms with Gasteiger partial charge in [-0.15, -0.1) is 11.3 Å². The van der Waals surface area contributed by atoms with E-state index in [4.69, 9.17) is 4.52 Å². The van der Waals surface area contributed by atoms with E-state index in [1.807, 2.05) is 25.3 Å². The average molecular weight is 372 g/mol. The quantitative estimate of drug-likeness (QED) is 0.520. The Bertz CT molecular complexity index is 903. The number of nitrogens with one attached hydrogen (secondary N) is 1. The highest BCUT2D eigenvalue weighted by Crippen LogP contribution is 2.25. The average Bonchev–Trinajstić information content (AvgIpc) is 3.31. The smallest absolute Gasteiger partial charge is 0.269 e. The van der Waals surface area contributed by atoms with Crippen molar-refractivity contribution in [3.8, 4) is 11.4 Å². The predicted molar refractivity (Wildman–Crippen MR) is 95.8 cm³/mol. The molecule has 0 aliphatic carbocycles. The molecule has 0 fully saturated rings. The third kappa shape index (κ3) is 3.77. The zero-order valence-electron chi connectivity index (χ0n) is 14.1. The van der Waals surface area contributed by atoms with Crippen LogP contribution in [0.2, 0.25) is 0 Å². The molecule has 2 aromatic heterocycles. The second-order valence-corrected chi connectivity index (χ2v) is 6.88. The summed E-state index contributed by atoms with van der Waals surface area (Å²) in [6.45, 7) is 3.88. The zero-order valence-corrected chi connectivity index (χ0v) is 14.9. The molecule has 1 unspecified atom stereocenters. The molecule has 134 valence electrons. The van der Waals surface area contributed by atoms with Crippen LogP contribution in [-0.2, 0) is 0 Å². The first-order chi connectivity index (χ1) is 12.5. The summed E-state index contributed by atoms with van der Waals surface area (Å²) in [6, 6.07) is 8.98. The maximum absolute atomic E-state index is 12.3. The number of amides is 1. The molecule has 1 N–H and O–H groups in total. The summed E-state index contributed by atoms with van der Waals surface area (Å²) in [5.74, 6) is 0.432. The SMILES string of the molecule is CC(C)C(NC(=O)c1cccs1)c1nc(-c2ccc([N+](=O)[O-])cc2)no1. The molecule has 0 aliphatic heterocycles. The van der Waals surface area contributed by atoms with E-state index in [0.29, 0.717) is 22.2 Å². The molecule has 0 aliphatic rings. The van der Waals surface area contributed by atoms with E-state index in [-0.39, 0.29) is 17.5 Å². The van der Waals surface area contributed by atoms with Gasteiger partial charge in [-0.3, -0.25) is 14.9 Å². The predicted octanol–water partition coefficient (Wildman–Crippen LogP) is 3.83. The van der Waals surface area contributed by atoms with Gasteiger partial charge in [-0.25, -0.2) is 0 Å². The summed E-state index contributed by atoms with van der Waals surface area (Å²) >= 11 is 1.35. The molecule has 0 bridgehead atoms. The maximum Gasteiger partial charge on any atom is 0.269 e. The molecule has 1 aromatic carbocycles. The highest BCUT2D eigenvalue weighted by Gasteiger charge is 2.25. The van der Waals surface area contributed by atoms with Crippen LogP contribution in [0.1, 0.15) is 35.5 Å². The standard InChI is InChI=1S/C17H16N4O4S/c1-10(2)14(18-16(22)13-4-3-9-26-13)17-19-15(20-25-17)11-5-7-12(8-6-11)21(23)24/h3-10,14H,1-2H3,(H,18,22). The van der Waals surface area contributed by atoms with Gasteiger partial charge in [-0.1, -0.05) is 25.1 Å². The van der Waals surface area contributed by atoms with Gasteiger partial charge in [-0.2, -0.15) is 4.98 Å². The number of hydrogen-bond donors (Lipinski definition) is 1. The van der Waals surface area contributed by atoms with Crippen molar-refractivity contribution in [2.24, 2.45) is 5.92 Å². The Kier molecular flexibility index (Phi) is 5.08. The molecule has 9 heteroatoms. The lowest BCUT2D eigenvalue weighted by Crippen LogP contribution is -2.31. The molecule has 0 saturated heterocycles. The number of rotatable bonds is 6. The monoisotopic (exact) mass is 372 g/mol. The number of carbonyl (C=O) groups excluding carboxylic acids is 1. The number of hydrogen-bond acceptors (Lipinski definition) is 7. The van der Waals surface area contributed by atoms with Crippen LogP contribution in [0.4, 0.5) is 5.69 Å². The third-order valence-electron chi connectivity index (χ3n) is 3.74. The lowest BCUT2D eigenvalue weighted by atomic mass is 10.0. The van der Waals surface area contributed by atoms with Crippen LogP contribution in [0.25, 0.3) is 11.4 Å². The Balaban J connectivity index is 1.81. The molecule has 1 amide bonds. The van der Waals surface area contributed by atoms with E-state index >= 15 is 0 Å². The molecular formula is C17H16N4O4S. The van der Waals surface area contributed by atoms with Gasteiger partial charge in [0.05, 0.1) is 9.80 Å². The van der Waals surface area contributed by atoms with Gasteiger partial charge in [0.15, 0.2) is 0 Å². The van der Waals surface area contributed by atoms with Crippen molar-refractivity contribution in [2.75, 3.05) is 0 Å². The summed E-state index contributed by atoms with van der Waals surface area (Å²) in [5.41, 5.74) is 0.582. The van der Waals surface area contributed by atoms with Gasteiger partial charge in [0.1, 0.15) is 6.04 Å². The van der Waals surface area contributed by atoms with Gasteiger partial charge in [-0.05, 0) is 29.5 Å². The Morgan fingerprint density at radius 2 is 2.00 bits per heavy atom. The fourth-order valence-corrected chi connectivity index (χ4v) is 2.97. The highest BCUT2D eigenvalue weighted by atomic mass is 32.1. The number of carbonyl (C=O) groups is 1. The minimum absolute atomic E-state index is 0.0132. The zero-order chi connectivity index (χ0) is 18.7. The van der Waals surface area contributed by atoms with Crippen LogP contribution in [-0.4, -0.2) is 21.0 Å². The lowest BCUT2D eigenvalue weighted by Gasteiger charge is -2.17. The fraction of sp³-hybridized carbons (Fsp3) is 0.235. The van der Waals surface area contributed by atoms with E-state index in [9.17, 15) is 14.9 Å². The summed E-state index contributed by atoms with van der Waals surface area (Å²) in [5, 5.41) is 19.4. The molecule has 26 heavy (non-hydrogen) atoms. The van der Waals surface area contributed by atoms with Crippen LogP contribution in [0.5, 0.6) is 0 Å². The Morgan fingerprint density at radius 1 is 1.27 bits per heavy atom. The molecule has 0 saturated carbocycles. The number of benzene rings is 1. The number of thiophene rings is 1. The molecule has 2 heterocycles.